The summed E-state index contributed by atoms with van der Waals surface area (Å²) in [6.07, 6.45) is 4.11. The van der Waals surface area contributed by atoms with Crippen LogP contribution in [0, 0.1) is 53.3 Å². The van der Waals surface area contributed by atoms with E-state index >= 15 is 0 Å². The van der Waals surface area contributed by atoms with Gasteiger partial charge in [-0.25, -0.2) is 4.79 Å². The van der Waals surface area contributed by atoms with Crippen LogP contribution < -0.4 is 0 Å². The van der Waals surface area contributed by atoms with Crippen LogP contribution in [-0.2, 0) is 28.6 Å². The highest BCUT2D eigenvalue weighted by Gasteiger charge is 2.56. The molecule has 328 valence electrons. The molecule has 0 unspecified atom stereocenters. The third kappa shape index (κ3) is 11.8. The molecule has 3 heterocycles. The van der Waals surface area contributed by atoms with E-state index in [1.807, 2.05) is 32.9 Å². The highest BCUT2D eigenvalue weighted by atomic mass is 16.7. The van der Waals surface area contributed by atoms with Crippen LogP contribution in [0.2, 0.25) is 0 Å². The smallest absolute Gasteiger partial charge is 0.330 e. The fourth-order valence-corrected chi connectivity index (χ4v) is 9.35. The van der Waals surface area contributed by atoms with Crippen molar-refractivity contribution in [2.45, 2.75) is 188 Å². The van der Waals surface area contributed by atoms with Crippen molar-refractivity contribution in [2.75, 3.05) is 0 Å². The first-order chi connectivity index (χ1) is 26.5. The van der Waals surface area contributed by atoms with E-state index in [0.717, 1.165) is 6.42 Å². The predicted octanol–water partition coefficient (Wildman–Crippen LogP) is 5.08. The number of hydrogen-bond acceptors (Lipinski definition) is 12. The highest BCUT2D eigenvalue weighted by Crippen LogP contribution is 2.49. The summed E-state index contributed by atoms with van der Waals surface area (Å²) in [5.41, 5.74) is -2.19. The summed E-state index contributed by atoms with van der Waals surface area (Å²) in [7, 11) is 0. The van der Waals surface area contributed by atoms with Crippen molar-refractivity contribution in [3.05, 3.63) is 24.3 Å². The number of allylic oxidation sites excluding steroid dienone is 1. The maximum absolute atomic E-state index is 13.6. The summed E-state index contributed by atoms with van der Waals surface area (Å²) in [5.74, 6) is -8.22. The minimum atomic E-state index is -2.19. The van der Waals surface area contributed by atoms with Gasteiger partial charge in [-0.1, -0.05) is 80.5 Å². The molecule has 12 nitrogen and oxygen atoms in total. The zero-order chi connectivity index (χ0) is 43.2. The van der Waals surface area contributed by atoms with Crippen LogP contribution in [0.5, 0.6) is 0 Å². The average molecular weight is 809 g/mol. The Morgan fingerprint density at radius 1 is 0.860 bits per heavy atom. The summed E-state index contributed by atoms with van der Waals surface area (Å²) >= 11 is 0. The number of Topliss-reactive ketones (excluding diaryl/α,β-unsaturated/α-hetero) is 2. The second kappa shape index (κ2) is 21.0. The molecule has 0 aromatic rings. The molecule has 19 atom stereocenters. The molecule has 2 bridgehead atoms. The predicted molar refractivity (Wildman–Crippen MR) is 216 cm³/mol. The molecule has 3 aliphatic rings. The Labute approximate surface area is 341 Å². The van der Waals surface area contributed by atoms with Gasteiger partial charge in [0.15, 0.2) is 11.6 Å². The molecule has 12 heteroatoms. The number of carbonyl (C=O) groups excluding carboxylic acids is 3. The lowest BCUT2D eigenvalue weighted by molar-refractivity contribution is -0.372. The maximum atomic E-state index is 13.6. The molecule has 1 spiro atoms. The summed E-state index contributed by atoms with van der Waals surface area (Å²) in [5, 5.41) is 66.8. The Hall–Kier alpha value is -2.03. The third-order valence-corrected chi connectivity index (χ3v) is 13.8. The lowest BCUT2D eigenvalue weighted by Crippen LogP contribution is -2.62. The fourth-order valence-electron chi connectivity index (χ4n) is 9.35. The Balaban J connectivity index is 1.99. The summed E-state index contributed by atoms with van der Waals surface area (Å²) < 4.78 is 19.8. The topological polar surface area (TPSA) is 200 Å². The molecule has 3 rings (SSSR count). The molecular formula is C45H76O12. The highest BCUT2D eigenvalue weighted by molar-refractivity contribution is 5.91. The SMILES string of the molecule is CC[C@H]1/C=C/CCC[C@@H](C)[C@H](O)[C@@](C)(O)C(=O)[C@@H](C)[C@H](O)[C@@H](C)C(=O)[C@@H](C)[C@H](O)[C@@H](C)/C=C/C(=O)O[C@@H]2[C@H](C)[C@H](C[C@H]1O)O[C@]1(CC[C@H](C)[C@H](C[C@@H](C)O)O1)[C@H]2C. The van der Waals surface area contributed by atoms with E-state index in [2.05, 4.69) is 6.92 Å². The first kappa shape index (κ1) is 49.3. The van der Waals surface area contributed by atoms with Crippen molar-refractivity contribution < 1.29 is 59.2 Å². The number of rotatable bonds is 3. The first-order valence-electron chi connectivity index (χ1n) is 21.6. The van der Waals surface area contributed by atoms with Crippen molar-refractivity contribution in [1.29, 1.82) is 0 Å². The van der Waals surface area contributed by atoms with Crippen LogP contribution in [0.3, 0.4) is 0 Å². The largest absolute Gasteiger partial charge is 0.458 e. The van der Waals surface area contributed by atoms with Crippen LogP contribution in [0.4, 0.5) is 0 Å². The maximum Gasteiger partial charge on any atom is 0.330 e. The van der Waals surface area contributed by atoms with E-state index in [0.29, 0.717) is 38.5 Å². The normalized spacial score (nSPS) is 47.2. The van der Waals surface area contributed by atoms with Gasteiger partial charge in [0.25, 0.3) is 0 Å². The van der Waals surface area contributed by atoms with Crippen molar-refractivity contribution in [1.82, 2.24) is 0 Å². The van der Waals surface area contributed by atoms with E-state index in [-0.39, 0.29) is 30.3 Å². The third-order valence-electron chi connectivity index (χ3n) is 13.8. The van der Waals surface area contributed by atoms with Crippen LogP contribution in [0.15, 0.2) is 24.3 Å². The quantitative estimate of drug-likeness (QED) is 0.164. The lowest BCUT2D eigenvalue weighted by atomic mass is 9.74. The molecule has 6 N–H and O–H groups in total. The first-order valence-corrected chi connectivity index (χ1v) is 21.6. The summed E-state index contributed by atoms with van der Waals surface area (Å²) in [4.78, 5) is 40.6. The molecule has 3 aliphatic heterocycles. The number of ether oxygens (including phenoxy) is 3. The minimum Gasteiger partial charge on any atom is -0.458 e. The Bertz CT molecular complexity index is 1380. The number of hydrogen-bond donors (Lipinski definition) is 6. The molecular weight excluding hydrogens is 732 g/mol. The number of carbonyl (C=O) groups is 3. The molecule has 57 heavy (non-hydrogen) atoms. The van der Waals surface area contributed by atoms with Gasteiger partial charge in [0.1, 0.15) is 17.5 Å². The standard InChI is InChI=1S/C45H76O12/c1-12-33-17-15-13-14-16-26(4)42(52)44(11,54)43(53)31(9)40(51)30(8)39(50)29(7)38(49)25(3)18-19-37(48)55-41-28(6)36(23-34(33)47)57-45(32(41)10)21-20-24(2)35(56-45)22-27(5)46/h15,17-19,24-36,38,40-42,46-47,49,51-52,54H,12-14,16,20-23H2,1-11H3/b17-15+,19-18+/t24-,25-,26+,27+,28+,29-,30-,31-,32-,33-,34+,35-,36-,38+,40+,41+,42-,44+,45+/m0/s1. The number of esters is 1. The molecule has 2 saturated heterocycles. The minimum absolute atomic E-state index is 0.171. The van der Waals surface area contributed by atoms with E-state index in [4.69, 9.17) is 14.2 Å². The number of fused-ring (bicyclic) bond motifs is 2. The second-order valence-electron chi connectivity index (χ2n) is 18.4. The van der Waals surface area contributed by atoms with Gasteiger partial charge in [-0.15, -0.1) is 0 Å². The number of aliphatic hydroxyl groups is 6. The van der Waals surface area contributed by atoms with Crippen molar-refractivity contribution in [3.8, 4) is 0 Å². The number of aliphatic hydroxyl groups excluding tert-OH is 5. The van der Waals surface area contributed by atoms with Crippen LogP contribution >= 0.6 is 0 Å². The van der Waals surface area contributed by atoms with E-state index in [1.165, 1.54) is 39.8 Å². The van der Waals surface area contributed by atoms with Gasteiger partial charge in [-0.05, 0) is 64.2 Å². The molecule has 0 aromatic heterocycles. The molecule has 0 aromatic carbocycles. The van der Waals surface area contributed by atoms with E-state index < -0.39 is 107 Å². The van der Waals surface area contributed by atoms with Crippen LogP contribution in [0.25, 0.3) is 0 Å². The molecule has 0 amide bonds. The van der Waals surface area contributed by atoms with Crippen LogP contribution in [0.1, 0.15) is 128 Å². The monoisotopic (exact) mass is 809 g/mol. The second-order valence-corrected chi connectivity index (χ2v) is 18.4. The molecule has 0 saturated carbocycles. The van der Waals surface area contributed by atoms with Crippen molar-refractivity contribution >= 4 is 17.5 Å². The zero-order valence-corrected chi connectivity index (χ0v) is 36.4. The van der Waals surface area contributed by atoms with Crippen LogP contribution in [-0.4, -0.2) is 108 Å². The Kier molecular flexibility index (Phi) is 18.2. The summed E-state index contributed by atoms with van der Waals surface area (Å²) in [6.45, 7) is 18.8. The van der Waals surface area contributed by atoms with Gasteiger partial charge in [0.2, 0.25) is 0 Å². The zero-order valence-electron chi connectivity index (χ0n) is 36.4. The van der Waals surface area contributed by atoms with Gasteiger partial charge < -0.3 is 44.8 Å². The molecule has 0 radical (unpaired) electrons. The Morgan fingerprint density at radius 2 is 1.49 bits per heavy atom. The van der Waals surface area contributed by atoms with Gasteiger partial charge >= 0.3 is 5.97 Å². The number of ketones is 2. The lowest BCUT2D eigenvalue weighted by Gasteiger charge is -2.55. The van der Waals surface area contributed by atoms with Crippen molar-refractivity contribution in [2.24, 2.45) is 53.3 Å². The van der Waals surface area contributed by atoms with Gasteiger partial charge in [-0.2, -0.15) is 0 Å². The Morgan fingerprint density at radius 3 is 2.11 bits per heavy atom. The van der Waals surface area contributed by atoms with Gasteiger partial charge in [-0.3, -0.25) is 9.59 Å². The van der Waals surface area contributed by atoms with E-state index in [9.17, 15) is 45.0 Å². The van der Waals surface area contributed by atoms with Crippen molar-refractivity contribution in [3.63, 3.8) is 0 Å². The summed E-state index contributed by atoms with van der Waals surface area (Å²) in [6, 6.07) is 0. The van der Waals surface area contributed by atoms with Gasteiger partial charge in [0.05, 0.1) is 42.7 Å². The average Bonchev–Trinajstić information content (AvgIpc) is 3.17. The van der Waals surface area contributed by atoms with E-state index in [1.54, 1.807) is 20.8 Å². The van der Waals surface area contributed by atoms with Gasteiger partial charge in [0, 0.05) is 60.3 Å². The fraction of sp³-hybridized carbons (Fsp3) is 0.844. The molecule has 2 fully saturated rings. The molecule has 0 aliphatic carbocycles.